The van der Waals surface area contributed by atoms with Crippen molar-refractivity contribution in [3.63, 3.8) is 0 Å². The molecule has 1 aliphatic carbocycles. The van der Waals surface area contributed by atoms with Gasteiger partial charge < -0.3 is 4.90 Å². The Labute approximate surface area is 151 Å². The van der Waals surface area contributed by atoms with Gasteiger partial charge >= 0.3 is 0 Å². The summed E-state index contributed by atoms with van der Waals surface area (Å²) in [6.07, 6.45) is 1.62. The molecule has 2 aliphatic rings. The number of likely N-dealkylation sites (tertiary alicyclic amines) is 1. The topological polar surface area (TPSA) is 67.2 Å². The van der Waals surface area contributed by atoms with Gasteiger partial charge in [0.25, 0.3) is 0 Å². The molecule has 0 N–H and O–H groups in total. The summed E-state index contributed by atoms with van der Waals surface area (Å²) in [5, 5.41) is 11.7. The van der Waals surface area contributed by atoms with Gasteiger partial charge in [0, 0.05) is 33.2 Å². The van der Waals surface area contributed by atoms with Gasteiger partial charge in [-0.15, -0.1) is 5.10 Å². The Bertz CT molecular complexity index is 837. The Morgan fingerprint density at radius 1 is 1.42 bits per heavy atom. The van der Waals surface area contributed by atoms with Crippen LogP contribution in [0.25, 0.3) is 0 Å². The summed E-state index contributed by atoms with van der Waals surface area (Å²) >= 11 is 0. The number of halogens is 1. The fourth-order valence-corrected chi connectivity index (χ4v) is 4.11. The van der Waals surface area contributed by atoms with Crippen molar-refractivity contribution < 1.29 is 9.18 Å². The molecule has 1 aromatic carbocycles. The molecule has 3 atom stereocenters. The van der Waals surface area contributed by atoms with Gasteiger partial charge in [-0.25, -0.2) is 9.07 Å². The highest BCUT2D eigenvalue weighted by Gasteiger charge is 2.38. The molecule has 0 bridgehead atoms. The van der Waals surface area contributed by atoms with E-state index in [2.05, 4.69) is 27.3 Å². The Morgan fingerprint density at radius 2 is 2.23 bits per heavy atom. The molecule has 0 saturated carbocycles. The van der Waals surface area contributed by atoms with E-state index in [-0.39, 0.29) is 29.7 Å². The third-order valence-corrected chi connectivity index (χ3v) is 5.87. The van der Waals surface area contributed by atoms with Crippen LogP contribution in [0.15, 0.2) is 18.2 Å². The van der Waals surface area contributed by atoms with Gasteiger partial charge in [-0.2, -0.15) is 0 Å². The molecule has 8 heteroatoms. The Kier molecular flexibility index (Phi) is 4.22. The maximum absolute atomic E-state index is 13.5. The van der Waals surface area contributed by atoms with E-state index in [0.717, 1.165) is 36.5 Å². The molecule has 138 valence electrons. The molecule has 1 aromatic heterocycles. The largest absolute Gasteiger partial charge is 0.341 e. The molecule has 2 aromatic rings. The van der Waals surface area contributed by atoms with E-state index in [1.807, 2.05) is 19.0 Å². The predicted octanol–water partition coefficient (Wildman–Crippen LogP) is 1.28. The zero-order chi connectivity index (χ0) is 18.4. The minimum absolute atomic E-state index is 0.0860. The molecule has 1 aliphatic heterocycles. The monoisotopic (exact) mass is 358 g/mol. The van der Waals surface area contributed by atoms with Gasteiger partial charge in [0.2, 0.25) is 5.91 Å². The summed E-state index contributed by atoms with van der Waals surface area (Å²) < 4.78 is 15.2. The van der Waals surface area contributed by atoms with Crippen molar-refractivity contribution in [1.29, 1.82) is 0 Å². The minimum Gasteiger partial charge on any atom is -0.341 e. The number of tetrazole rings is 1. The first-order chi connectivity index (χ1) is 12.5. The lowest BCUT2D eigenvalue weighted by Gasteiger charge is -2.35. The molecule has 1 amide bonds. The number of aryl methyl sites for hydroxylation is 1. The number of benzene rings is 1. The molecular weight excluding hydrogens is 335 g/mol. The van der Waals surface area contributed by atoms with E-state index in [1.54, 1.807) is 10.7 Å². The first-order valence-corrected chi connectivity index (χ1v) is 8.97. The van der Waals surface area contributed by atoms with E-state index >= 15 is 0 Å². The minimum atomic E-state index is -0.276. The molecule has 3 unspecified atom stereocenters. The number of fused-ring (bicyclic) bond motifs is 1. The van der Waals surface area contributed by atoms with Crippen LogP contribution in [-0.2, 0) is 18.3 Å². The van der Waals surface area contributed by atoms with Gasteiger partial charge in [0.1, 0.15) is 5.82 Å². The highest BCUT2D eigenvalue weighted by Crippen LogP contribution is 2.37. The van der Waals surface area contributed by atoms with Gasteiger partial charge in [-0.3, -0.25) is 9.69 Å². The van der Waals surface area contributed by atoms with Crippen LogP contribution in [-0.4, -0.2) is 62.1 Å². The average Bonchev–Trinajstić information content (AvgIpc) is 3.25. The molecule has 0 spiro atoms. The predicted molar refractivity (Wildman–Crippen MR) is 92.8 cm³/mol. The zero-order valence-corrected chi connectivity index (χ0v) is 15.3. The Hall–Kier alpha value is -2.35. The molecule has 26 heavy (non-hydrogen) atoms. The van der Waals surface area contributed by atoms with Gasteiger partial charge in [0.05, 0.1) is 12.0 Å². The van der Waals surface area contributed by atoms with Gasteiger partial charge in [-0.1, -0.05) is 6.07 Å². The van der Waals surface area contributed by atoms with Gasteiger partial charge in [0.15, 0.2) is 5.82 Å². The molecule has 7 nitrogen and oxygen atoms in total. The lowest BCUT2D eigenvalue weighted by atomic mass is 9.76. The molecule has 0 radical (unpaired) electrons. The number of likely N-dealkylation sites (N-methyl/N-ethyl adjacent to an activating group) is 1. The van der Waals surface area contributed by atoms with Crippen molar-refractivity contribution >= 4 is 5.91 Å². The number of hydrogen-bond donors (Lipinski definition) is 0. The van der Waals surface area contributed by atoms with Crippen LogP contribution in [0.4, 0.5) is 4.39 Å². The highest BCUT2D eigenvalue weighted by atomic mass is 19.1. The van der Waals surface area contributed by atoms with Crippen molar-refractivity contribution in [3.05, 3.63) is 41.0 Å². The number of aromatic nitrogens is 4. The van der Waals surface area contributed by atoms with E-state index in [9.17, 15) is 9.18 Å². The van der Waals surface area contributed by atoms with Crippen LogP contribution in [0.3, 0.4) is 0 Å². The number of amides is 1. The van der Waals surface area contributed by atoms with E-state index in [4.69, 9.17) is 0 Å². The van der Waals surface area contributed by atoms with Crippen LogP contribution in [0.5, 0.6) is 0 Å². The second-order valence-electron chi connectivity index (χ2n) is 7.32. The zero-order valence-electron chi connectivity index (χ0n) is 15.3. The van der Waals surface area contributed by atoms with E-state index in [0.29, 0.717) is 6.42 Å². The molecule has 1 saturated heterocycles. The smallest absolute Gasteiger partial charge is 0.230 e. The van der Waals surface area contributed by atoms with Crippen molar-refractivity contribution in [3.8, 4) is 0 Å². The summed E-state index contributed by atoms with van der Waals surface area (Å²) in [4.78, 5) is 17.0. The molecule has 2 heterocycles. The van der Waals surface area contributed by atoms with Crippen LogP contribution >= 0.6 is 0 Å². The van der Waals surface area contributed by atoms with Crippen molar-refractivity contribution in [2.24, 2.45) is 7.05 Å². The van der Waals surface area contributed by atoms with Crippen LogP contribution in [0.2, 0.25) is 0 Å². The normalized spacial score (nSPS) is 23.4. The lowest BCUT2D eigenvalue weighted by Crippen LogP contribution is -2.44. The number of rotatable bonds is 4. The lowest BCUT2D eigenvalue weighted by molar-refractivity contribution is -0.134. The second kappa shape index (κ2) is 6.42. The summed E-state index contributed by atoms with van der Waals surface area (Å²) in [7, 11) is 3.70. The van der Waals surface area contributed by atoms with E-state index in [1.165, 1.54) is 12.1 Å². The van der Waals surface area contributed by atoms with Crippen LogP contribution in [0.1, 0.15) is 42.3 Å². The fraction of sp³-hybridized carbons (Fsp3) is 0.556. The van der Waals surface area contributed by atoms with Gasteiger partial charge in [-0.05, 0) is 53.5 Å². The molecule has 1 fully saturated rings. The maximum atomic E-state index is 13.5. The van der Waals surface area contributed by atoms with Crippen LogP contribution < -0.4 is 0 Å². The van der Waals surface area contributed by atoms with E-state index < -0.39 is 0 Å². The third-order valence-electron chi connectivity index (χ3n) is 5.87. The highest BCUT2D eigenvalue weighted by molar-refractivity contribution is 5.87. The Balaban J connectivity index is 1.41. The SMILES string of the molecule is CC(c1nnnn1C)N1CCC(N(C)C(=O)C2Cc3ccc(F)cc32)C1. The third kappa shape index (κ3) is 2.78. The summed E-state index contributed by atoms with van der Waals surface area (Å²) in [6.45, 7) is 3.77. The molecule has 4 rings (SSSR count). The number of carbonyl (C=O) groups excluding carboxylic acids is 1. The van der Waals surface area contributed by atoms with Crippen LogP contribution in [0, 0.1) is 5.82 Å². The quantitative estimate of drug-likeness (QED) is 0.824. The summed E-state index contributed by atoms with van der Waals surface area (Å²) in [6, 6.07) is 4.99. The fourth-order valence-electron chi connectivity index (χ4n) is 4.11. The molecular formula is C18H23FN6O. The number of carbonyl (C=O) groups is 1. The summed E-state index contributed by atoms with van der Waals surface area (Å²) in [5.41, 5.74) is 1.92. The average molecular weight is 358 g/mol. The first kappa shape index (κ1) is 17.1. The van der Waals surface area contributed by atoms with Crippen molar-refractivity contribution in [2.45, 2.75) is 37.8 Å². The first-order valence-electron chi connectivity index (χ1n) is 8.97. The second-order valence-corrected chi connectivity index (χ2v) is 7.32. The summed E-state index contributed by atoms with van der Waals surface area (Å²) in [5.74, 6) is 0.424. The maximum Gasteiger partial charge on any atom is 0.230 e. The van der Waals surface area contributed by atoms with Crippen molar-refractivity contribution in [2.75, 3.05) is 20.1 Å². The standard InChI is InChI=1S/C18H23FN6O/c1-11(17-20-21-22-24(17)3)25-7-6-14(10-25)23(2)18(26)16-8-12-4-5-13(19)9-15(12)16/h4-5,9,11,14,16H,6-8,10H2,1-3H3. The Morgan fingerprint density at radius 3 is 2.96 bits per heavy atom. The number of nitrogens with zero attached hydrogens (tertiary/aromatic N) is 6. The van der Waals surface area contributed by atoms with Crippen molar-refractivity contribution in [1.82, 2.24) is 30.0 Å². The number of hydrogen-bond acceptors (Lipinski definition) is 5.